The summed E-state index contributed by atoms with van der Waals surface area (Å²) in [5.74, 6) is 2.52. The molecule has 4 rings (SSSR count). The molecule has 2 aromatic carbocycles. The first-order chi connectivity index (χ1) is 22.1. The van der Waals surface area contributed by atoms with E-state index in [1.54, 1.807) is 0 Å². The fraction of sp³-hybridized carbons (Fsp3) is 0.500. The van der Waals surface area contributed by atoms with Crippen molar-refractivity contribution in [2.75, 3.05) is 6.61 Å². The van der Waals surface area contributed by atoms with Gasteiger partial charge in [0.2, 0.25) is 0 Å². The second-order valence-electron chi connectivity index (χ2n) is 12.2. The van der Waals surface area contributed by atoms with Crippen molar-refractivity contribution in [2.24, 2.45) is 0 Å². The molecule has 0 radical (unpaired) electrons. The number of aromatic nitrogens is 4. The van der Waals surface area contributed by atoms with E-state index in [0.29, 0.717) is 0 Å². The average molecular weight is 609 g/mol. The zero-order valence-electron chi connectivity index (χ0n) is 28.4. The van der Waals surface area contributed by atoms with Gasteiger partial charge in [-0.1, -0.05) is 121 Å². The maximum Gasteiger partial charge on any atom is 0.159 e. The summed E-state index contributed by atoms with van der Waals surface area (Å²) in [6.07, 6.45) is 27.2. The van der Waals surface area contributed by atoms with Gasteiger partial charge in [-0.25, -0.2) is 19.9 Å². The molecule has 45 heavy (non-hydrogen) atoms. The van der Waals surface area contributed by atoms with Gasteiger partial charge in [-0.2, -0.15) is 0 Å². The molecule has 0 aliphatic carbocycles. The Balaban J connectivity index is 0.000000325. The molecule has 0 fully saturated rings. The lowest BCUT2D eigenvalue weighted by molar-refractivity contribution is 0.304. The first kappa shape index (κ1) is 35.9. The van der Waals surface area contributed by atoms with Crippen LogP contribution in [0.1, 0.15) is 120 Å². The van der Waals surface area contributed by atoms with Gasteiger partial charge in [0.15, 0.2) is 11.6 Å². The maximum absolute atomic E-state index is 5.89. The van der Waals surface area contributed by atoms with Crippen LogP contribution in [0.3, 0.4) is 0 Å². The first-order valence-corrected chi connectivity index (χ1v) is 17.5. The lowest BCUT2D eigenvalue weighted by Gasteiger charge is -2.07. The quantitative estimate of drug-likeness (QED) is 0.0991. The Morgan fingerprint density at radius 2 is 0.911 bits per heavy atom. The van der Waals surface area contributed by atoms with Gasteiger partial charge in [-0.3, -0.25) is 0 Å². The second-order valence-corrected chi connectivity index (χ2v) is 12.2. The standard InChI is InChI=1S/C28H44N2O.C12H12N2/c1-3-5-7-9-11-13-15-17-25-23-29-28(30-24-25)26-18-20-27(21-19-26)31-22-16-14-12-10-8-6-4-2;1-9-3-5-11(6-4-9)12-13-7-10(2)8-14-12/h18-21,23-24H,3-17,22H2,1-2H3;3-8H,1-2H3. The summed E-state index contributed by atoms with van der Waals surface area (Å²) >= 11 is 0. The molecule has 0 aliphatic rings. The maximum atomic E-state index is 5.89. The van der Waals surface area contributed by atoms with Crippen LogP contribution < -0.4 is 4.74 Å². The molecule has 242 valence electrons. The Morgan fingerprint density at radius 3 is 1.44 bits per heavy atom. The molecule has 0 N–H and O–H groups in total. The number of ether oxygens (including phenoxy) is 1. The molecule has 5 heteroatoms. The van der Waals surface area contributed by atoms with E-state index in [0.717, 1.165) is 53.5 Å². The molecular formula is C40H56N4O. The highest BCUT2D eigenvalue weighted by molar-refractivity contribution is 5.56. The minimum Gasteiger partial charge on any atom is -0.494 e. The Labute approximate surface area is 273 Å². The number of nitrogens with zero attached hydrogens (tertiary/aromatic N) is 4. The highest BCUT2D eigenvalue weighted by Gasteiger charge is 2.04. The van der Waals surface area contributed by atoms with Crippen LogP contribution in [0.5, 0.6) is 5.75 Å². The molecule has 0 spiro atoms. The van der Waals surface area contributed by atoms with Gasteiger partial charge < -0.3 is 4.74 Å². The minimum atomic E-state index is 0.788. The number of benzene rings is 2. The number of unbranched alkanes of at least 4 members (excludes halogenated alkanes) is 12. The predicted molar refractivity (Wildman–Crippen MR) is 190 cm³/mol. The topological polar surface area (TPSA) is 60.8 Å². The van der Waals surface area contributed by atoms with Crippen LogP contribution in [-0.4, -0.2) is 26.5 Å². The first-order valence-electron chi connectivity index (χ1n) is 17.5. The number of hydrogen-bond donors (Lipinski definition) is 0. The number of aryl methyl sites for hydroxylation is 3. The zero-order chi connectivity index (χ0) is 32.0. The van der Waals surface area contributed by atoms with Gasteiger partial charge in [0.1, 0.15) is 5.75 Å². The highest BCUT2D eigenvalue weighted by atomic mass is 16.5. The van der Waals surface area contributed by atoms with Crippen LogP contribution in [0.2, 0.25) is 0 Å². The van der Waals surface area contributed by atoms with Gasteiger partial charge >= 0.3 is 0 Å². The molecule has 4 aromatic rings. The fourth-order valence-corrected chi connectivity index (χ4v) is 5.11. The van der Waals surface area contributed by atoms with E-state index in [4.69, 9.17) is 4.74 Å². The highest BCUT2D eigenvalue weighted by Crippen LogP contribution is 2.20. The van der Waals surface area contributed by atoms with Crippen molar-refractivity contribution >= 4 is 0 Å². The van der Waals surface area contributed by atoms with E-state index < -0.39 is 0 Å². The van der Waals surface area contributed by atoms with Crippen LogP contribution in [0.4, 0.5) is 0 Å². The van der Waals surface area contributed by atoms with Crippen molar-refractivity contribution in [1.29, 1.82) is 0 Å². The van der Waals surface area contributed by atoms with Crippen LogP contribution >= 0.6 is 0 Å². The summed E-state index contributed by atoms with van der Waals surface area (Å²) in [7, 11) is 0. The molecule has 0 unspecified atom stereocenters. The third kappa shape index (κ3) is 14.8. The van der Waals surface area contributed by atoms with Crippen LogP contribution in [-0.2, 0) is 6.42 Å². The van der Waals surface area contributed by atoms with Crippen molar-refractivity contribution in [3.63, 3.8) is 0 Å². The third-order valence-corrected chi connectivity index (χ3v) is 7.99. The zero-order valence-corrected chi connectivity index (χ0v) is 28.4. The summed E-state index contributed by atoms with van der Waals surface area (Å²) in [5.41, 5.74) is 5.69. The molecule has 0 amide bonds. The Bertz CT molecular complexity index is 1240. The number of rotatable bonds is 19. The lowest BCUT2D eigenvalue weighted by atomic mass is 10.1. The smallest absolute Gasteiger partial charge is 0.159 e. The van der Waals surface area contributed by atoms with E-state index in [1.165, 1.54) is 94.6 Å². The van der Waals surface area contributed by atoms with E-state index in [1.807, 2.05) is 56.0 Å². The second kappa shape index (κ2) is 22.0. The largest absolute Gasteiger partial charge is 0.494 e. The van der Waals surface area contributed by atoms with Crippen molar-refractivity contribution in [3.8, 4) is 28.5 Å². The fourth-order valence-electron chi connectivity index (χ4n) is 5.11. The third-order valence-electron chi connectivity index (χ3n) is 7.99. The molecule has 0 bridgehead atoms. The number of hydrogen-bond acceptors (Lipinski definition) is 5. The van der Waals surface area contributed by atoms with Gasteiger partial charge in [0, 0.05) is 35.9 Å². The normalized spacial score (nSPS) is 10.8. The van der Waals surface area contributed by atoms with Gasteiger partial charge in [0.05, 0.1) is 6.61 Å². The summed E-state index contributed by atoms with van der Waals surface area (Å²) < 4.78 is 5.89. The van der Waals surface area contributed by atoms with Gasteiger partial charge in [-0.15, -0.1) is 0 Å². The van der Waals surface area contributed by atoms with E-state index in [2.05, 4.69) is 65.0 Å². The Morgan fingerprint density at radius 1 is 0.467 bits per heavy atom. The molecule has 0 saturated heterocycles. The summed E-state index contributed by atoms with van der Waals surface area (Å²) in [5, 5.41) is 0. The Kier molecular flexibility index (Phi) is 17.5. The van der Waals surface area contributed by atoms with Crippen LogP contribution in [0.15, 0.2) is 73.3 Å². The van der Waals surface area contributed by atoms with Crippen molar-refractivity contribution in [2.45, 2.75) is 124 Å². The molecule has 2 aromatic heterocycles. The van der Waals surface area contributed by atoms with Crippen molar-refractivity contribution in [1.82, 2.24) is 19.9 Å². The molecular weight excluding hydrogens is 552 g/mol. The molecule has 0 saturated carbocycles. The molecule has 2 heterocycles. The minimum absolute atomic E-state index is 0.788. The van der Waals surface area contributed by atoms with Crippen LogP contribution in [0, 0.1) is 13.8 Å². The predicted octanol–water partition coefficient (Wildman–Crippen LogP) is 11.3. The molecule has 0 atom stereocenters. The molecule has 0 aliphatic heterocycles. The summed E-state index contributed by atoms with van der Waals surface area (Å²) in [4.78, 5) is 17.7. The molecule has 5 nitrogen and oxygen atoms in total. The van der Waals surface area contributed by atoms with Crippen LogP contribution in [0.25, 0.3) is 22.8 Å². The average Bonchev–Trinajstić information content (AvgIpc) is 3.07. The lowest BCUT2D eigenvalue weighted by Crippen LogP contribution is -1.97. The Hall–Kier alpha value is -3.60. The van der Waals surface area contributed by atoms with E-state index >= 15 is 0 Å². The van der Waals surface area contributed by atoms with Crippen molar-refractivity contribution < 1.29 is 4.74 Å². The monoisotopic (exact) mass is 608 g/mol. The van der Waals surface area contributed by atoms with E-state index in [-0.39, 0.29) is 0 Å². The summed E-state index contributed by atoms with van der Waals surface area (Å²) in [6.45, 7) is 9.39. The van der Waals surface area contributed by atoms with Gasteiger partial charge in [-0.05, 0) is 68.5 Å². The van der Waals surface area contributed by atoms with Crippen molar-refractivity contribution in [3.05, 3.63) is 90.0 Å². The SMILES string of the molecule is CCCCCCCCCOc1ccc(-c2ncc(CCCCCCCCC)cn2)cc1.Cc1ccc(-c2ncc(C)cn2)cc1. The van der Waals surface area contributed by atoms with E-state index in [9.17, 15) is 0 Å². The summed E-state index contributed by atoms with van der Waals surface area (Å²) in [6, 6.07) is 16.4. The van der Waals surface area contributed by atoms with Gasteiger partial charge in [0.25, 0.3) is 0 Å².